The molecule has 2 aromatic carbocycles. The third-order valence-electron chi connectivity index (χ3n) is 6.72. The predicted octanol–water partition coefficient (Wildman–Crippen LogP) is 6.40. The summed E-state index contributed by atoms with van der Waals surface area (Å²) in [6, 6.07) is 12.3. The number of ether oxygens (including phenoxy) is 1. The van der Waals surface area contributed by atoms with Gasteiger partial charge in [-0.3, -0.25) is 4.31 Å². The number of hydrogen-bond acceptors (Lipinski definition) is 6. The minimum atomic E-state index is -4.98. The molecule has 0 atom stereocenters. The molecule has 1 saturated carbocycles. The first kappa shape index (κ1) is 26.6. The third-order valence-corrected chi connectivity index (χ3v) is 8.50. The van der Waals surface area contributed by atoms with E-state index >= 15 is 0 Å². The Hall–Kier alpha value is -3.99. The van der Waals surface area contributed by atoms with Crippen molar-refractivity contribution < 1.29 is 39.5 Å². The second-order valence-electron chi connectivity index (χ2n) is 9.14. The number of sulfonamides is 1. The summed E-state index contributed by atoms with van der Waals surface area (Å²) >= 11 is 0. The van der Waals surface area contributed by atoms with Gasteiger partial charge in [-0.2, -0.15) is 18.4 Å². The minimum Gasteiger partial charge on any atom is -0.406 e. The molecule has 2 aliphatic rings. The first-order chi connectivity index (χ1) is 18.2. The van der Waals surface area contributed by atoms with Crippen LogP contribution in [0, 0.1) is 11.3 Å². The van der Waals surface area contributed by atoms with E-state index in [0.717, 1.165) is 47.1 Å². The third kappa shape index (κ3) is 4.94. The molecule has 3 aromatic rings. The Bertz CT molecular complexity index is 1580. The van der Waals surface area contributed by atoms with Gasteiger partial charge in [0.25, 0.3) is 10.0 Å². The molecule has 7 nitrogen and oxygen atoms in total. The summed E-state index contributed by atoms with van der Waals surface area (Å²) in [6.07, 6.45) is -7.81. The number of alkyl halides is 6. The van der Waals surface area contributed by atoms with Crippen molar-refractivity contribution >= 4 is 27.2 Å². The van der Waals surface area contributed by atoms with Crippen LogP contribution in [0.3, 0.4) is 0 Å². The van der Waals surface area contributed by atoms with Crippen molar-refractivity contribution in [2.75, 3.05) is 9.62 Å². The van der Waals surface area contributed by atoms with Crippen LogP contribution in [-0.4, -0.2) is 19.8 Å². The lowest BCUT2D eigenvalue weighted by Crippen LogP contribution is -2.34. The highest BCUT2D eigenvalue weighted by Gasteiger charge is 2.41. The predicted molar refractivity (Wildman–Crippen MR) is 127 cm³/mol. The van der Waals surface area contributed by atoms with Gasteiger partial charge in [0.1, 0.15) is 17.3 Å². The van der Waals surface area contributed by atoms with Crippen LogP contribution in [0.4, 0.5) is 43.5 Å². The number of fused-ring (bicyclic) bond motifs is 2. The van der Waals surface area contributed by atoms with Gasteiger partial charge < -0.3 is 10.1 Å². The average Bonchev–Trinajstić information content (AvgIpc) is 2.99. The monoisotopic (exact) mass is 568 g/mol. The van der Waals surface area contributed by atoms with Gasteiger partial charge in [0, 0.05) is 5.56 Å². The first-order valence-electron chi connectivity index (χ1n) is 11.5. The summed E-state index contributed by atoms with van der Waals surface area (Å²) in [7, 11) is -4.47. The molecule has 39 heavy (non-hydrogen) atoms. The minimum absolute atomic E-state index is 0.0520. The van der Waals surface area contributed by atoms with Gasteiger partial charge in [-0.1, -0.05) is 12.1 Å². The molecular weight excluding hydrogens is 550 g/mol. The van der Waals surface area contributed by atoms with Crippen molar-refractivity contribution in [3.8, 4) is 11.8 Å². The van der Waals surface area contributed by atoms with Gasteiger partial charge in [0.2, 0.25) is 0 Å². The largest absolute Gasteiger partial charge is 0.573 e. The summed E-state index contributed by atoms with van der Waals surface area (Å²) < 4.78 is 110. The van der Waals surface area contributed by atoms with Gasteiger partial charge in [-0.15, -0.1) is 13.2 Å². The van der Waals surface area contributed by atoms with Gasteiger partial charge in [-0.05, 0) is 67.3 Å². The molecule has 204 valence electrons. The summed E-state index contributed by atoms with van der Waals surface area (Å²) in [5.74, 6) is -0.832. The van der Waals surface area contributed by atoms with E-state index in [2.05, 4.69) is 21.1 Å². The van der Waals surface area contributed by atoms with Crippen LogP contribution in [0.2, 0.25) is 0 Å². The Kier molecular flexibility index (Phi) is 6.17. The Morgan fingerprint density at radius 3 is 2.26 bits per heavy atom. The van der Waals surface area contributed by atoms with Crippen molar-refractivity contribution in [1.82, 2.24) is 4.98 Å². The second kappa shape index (κ2) is 9.04. The van der Waals surface area contributed by atoms with Crippen LogP contribution in [0.5, 0.6) is 5.75 Å². The number of halogens is 6. The number of nitrogens with zero attached hydrogens (tertiary/aromatic N) is 3. The normalized spacial score (nSPS) is 16.6. The molecule has 2 heterocycles. The quantitative estimate of drug-likeness (QED) is 0.366. The van der Waals surface area contributed by atoms with Crippen LogP contribution >= 0.6 is 0 Å². The maximum absolute atomic E-state index is 13.8. The van der Waals surface area contributed by atoms with Crippen LogP contribution < -0.4 is 14.4 Å². The van der Waals surface area contributed by atoms with E-state index < -0.39 is 46.0 Å². The molecule has 14 heteroatoms. The van der Waals surface area contributed by atoms with Crippen LogP contribution in [-0.2, 0) is 28.2 Å². The van der Waals surface area contributed by atoms with E-state index in [-0.39, 0.29) is 27.7 Å². The van der Waals surface area contributed by atoms with Crippen molar-refractivity contribution in [2.45, 2.75) is 48.7 Å². The van der Waals surface area contributed by atoms with Crippen LogP contribution in [0.25, 0.3) is 0 Å². The van der Waals surface area contributed by atoms with E-state index in [1.807, 2.05) is 0 Å². The Morgan fingerprint density at radius 1 is 1.00 bits per heavy atom. The number of rotatable bonds is 4. The molecule has 1 aliphatic carbocycles. The van der Waals surface area contributed by atoms with Crippen molar-refractivity contribution in [2.24, 2.45) is 0 Å². The SMILES string of the molecule is N#CC1(c2ccc3c(c2)N(S(=O)(=O)c2ccc(OC(F)(F)F)cc2)Cc2ccc(C(F)(F)F)nc2N3)CCC1. The van der Waals surface area contributed by atoms with Crippen molar-refractivity contribution in [3.05, 3.63) is 71.4 Å². The van der Waals surface area contributed by atoms with Crippen molar-refractivity contribution in [3.63, 3.8) is 0 Å². The fraction of sp³-hybridized carbons (Fsp3) is 0.280. The molecule has 0 bridgehead atoms. The summed E-state index contributed by atoms with van der Waals surface area (Å²) in [5.41, 5.74) is -1.17. The number of anilines is 3. The molecule has 0 saturated heterocycles. The lowest BCUT2D eigenvalue weighted by Gasteiger charge is -2.36. The molecule has 5 rings (SSSR count). The molecule has 0 amide bonds. The molecule has 1 fully saturated rings. The van der Waals surface area contributed by atoms with Crippen LogP contribution in [0.1, 0.15) is 36.1 Å². The lowest BCUT2D eigenvalue weighted by molar-refractivity contribution is -0.274. The Balaban J connectivity index is 1.63. The lowest BCUT2D eigenvalue weighted by atomic mass is 9.65. The zero-order valence-corrected chi connectivity index (χ0v) is 20.6. The maximum Gasteiger partial charge on any atom is 0.573 e. The molecular formula is C25H18F6N4O3S. The summed E-state index contributed by atoms with van der Waals surface area (Å²) in [4.78, 5) is 3.28. The van der Waals surface area contributed by atoms with Crippen molar-refractivity contribution in [1.29, 1.82) is 5.26 Å². The molecule has 1 aromatic heterocycles. The molecule has 1 aliphatic heterocycles. The van der Waals surface area contributed by atoms with E-state index in [0.29, 0.717) is 18.4 Å². The number of nitrogens with one attached hydrogen (secondary N) is 1. The van der Waals surface area contributed by atoms with Gasteiger partial charge >= 0.3 is 12.5 Å². The average molecular weight is 568 g/mol. The van der Waals surface area contributed by atoms with Gasteiger partial charge in [-0.25, -0.2) is 13.4 Å². The maximum atomic E-state index is 13.8. The molecule has 1 N–H and O–H groups in total. The first-order valence-corrected chi connectivity index (χ1v) is 12.9. The molecule has 0 radical (unpaired) electrons. The number of pyridine rings is 1. The zero-order valence-electron chi connectivity index (χ0n) is 19.8. The standard InChI is InChI=1S/C25H18F6N4O3S/c26-24(27,28)21-9-2-15-13-35(39(36,37)18-6-4-17(5-7-18)38-25(29,30)31)20-12-16(23(14-32)10-1-11-23)3-8-19(20)33-22(15)34-21/h2-9,12H,1,10-11,13H2,(H,33,34). The smallest absolute Gasteiger partial charge is 0.406 e. The van der Waals surface area contributed by atoms with E-state index in [1.54, 1.807) is 6.07 Å². The van der Waals surface area contributed by atoms with E-state index in [9.17, 15) is 40.0 Å². The van der Waals surface area contributed by atoms with Gasteiger partial charge in [0.15, 0.2) is 0 Å². The van der Waals surface area contributed by atoms with E-state index in [4.69, 9.17) is 0 Å². The summed E-state index contributed by atoms with van der Waals surface area (Å²) in [6.45, 7) is -0.438. The second-order valence-corrected chi connectivity index (χ2v) is 11.0. The highest BCUT2D eigenvalue weighted by molar-refractivity contribution is 7.92. The van der Waals surface area contributed by atoms with E-state index in [1.165, 1.54) is 12.1 Å². The summed E-state index contributed by atoms with van der Waals surface area (Å²) in [5, 5.41) is 12.6. The Morgan fingerprint density at radius 2 is 1.69 bits per heavy atom. The highest BCUT2D eigenvalue weighted by Crippen LogP contribution is 2.47. The Labute approximate surface area is 218 Å². The number of benzene rings is 2. The van der Waals surface area contributed by atoms with Crippen LogP contribution in [0.15, 0.2) is 59.5 Å². The molecule has 0 spiro atoms. The number of hydrogen-bond donors (Lipinski definition) is 1. The fourth-order valence-electron chi connectivity index (χ4n) is 4.54. The fourth-order valence-corrected chi connectivity index (χ4v) is 5.99. The molecule has 0 unspecified atom stereocenters. The zero-order chi connectivity index (χ0) is 28.2. The number of aromatic nitrogens is 1. The number of nitriles is 1. The highest BCUT2D eigenvalue weighted by atomic mass is 32.2. The topological polar surface area (TPSA) is 95.3 Å². The van der Waals surface area contributed by atoms with Gasteiger partial charge in [0.05, 0.1) is 34.3 Å².